The van der Waals surface area contributed by atoms with E-state index in [0.717, 1.165) is 29.8 Å². The van der Waals surface area contributed by atoms with Crippen LogP contribution in [0.4, 0.5) is 5.82 Å². The molecule has 0 unspecified atom stereocenters. The quantitative estimate of drug-likeness (QED) is 0.909. The molecule has 1 fully saturated rings. The fourth-order valence-corrected chi connectivity index (χ4v) is 2.62. The zero-order valence-electron chi connectivity index (χ0n) is 8.50. The van der Waals surface area contributed by atoms with Gasteiger partial charge in [-0.25, -0.2) is 4.98 Å². The monoisotopic (exact) mass is 289 g/mol. The number of rotatable bonds is 2. The van der Waals surface area contributed by atoms with Gasteiger partial charge < -0.3 is 10.6 Å². The van der Waals surface area contributed by atoms with Crippen LogP contribution in [0.3, 0.4) is 0 Å². The molecule has 0 aliphatic carbocycles. The fraction of sp³-hybridized carbons (Fsp3) is 0.500. The molecule has 0 spiro atoms. The Bertz CT molecular complexity index is 377. The summed E-state index contributed by atoms with van der Waals surface area (Å²) < 4.78 is 0.924. The van der Waals surface area contributed by atoms with Crippen molar-refractivity contribution in [3.05, 3.63) is 21.8 Å². The van der Waals surface area contributed by atoms with Gasteiger partial charge >= 0.3 is 0 Å². The normalized spacial score (nSPS) is 18.8. The highest BCUT2D eigenvalue weighted by atomic mass is 79.9. The van der Waals surface area contributed by atoms with Gasteiger partial charge in [-0.1, -0.05) is 18.5 Å². The minimum absolute atomic E-state index is 0.0409. The third-order valence-electron chi connectivity index (χ3n) is 2.80. The maximum absolute atomic E-state index is 6.10. The summed E-state index contributed by atoms with van der Waals surface area (Å²) in [4.78, 5) is 6.45. The van der Waals surface area contributed by atoms with Crippen molar-refractivity contribution in [1.82, 2.24) is 4.98 Å². The highest BCUT2D eigenvalue weighted by Gasteiger charge is 2.39. The molecule has 15 heavy (non-hydrogen) atoms. The molecule has 1 saturated heterocycles. The van der Waals surface area contributed by atoms with Crippen molar-refractivity contribution in [2.24, 2.45) is 5.73 Å². The van der Waals surface area contributed by atoms with E-state index in [1.807, 2.05) is 6.07 Å². The molecule has 2 heterocycles. The van der Waals surface area contributed by atoms with E-state index in [2.05, 4.69) is 32.7 Å². The van der Waals surface area contributed by atoms with Gasteiger partial charge in [-0.3, -0.25) is 0 Å². The van der Waals surface area contributed by atoms with Gasteiger partial charge in [0.1, 0.15) is 5.82 Å². The highest BCUT2D eigenvalue weighted by Crippen LogP contribution is 2.32. The summed E-state index contributed by atoms with van der Waals surface area (Å²) >= 11 is 9.28. The predicted molar refractivity (Wildman–Crippen MR) is 66.4 cm³/mol. The Kier molecular flexibility index (Phi) is 2.92. The van der Waals surface area contributed by atoms with Crippen LogP contribution < -0.4 is 10.6 Å². The lowest BCUT2D eigenvalue weighted by Gasteiger charge is -2.48. The lowest BCUT2D eigenvalue weighted by Crippen LogP contribution is -2.67. The topological polar surface area (TPSA) is 42.1 Å². The first-order valence-corrected chi connectivity index (χ1v) is 6.06. The molecule has 0 amide bonds. The third kappa shape index (κ3) is 2.12. The number of aromatic nitrogens is 1. The lowest BCUT2D eigenvalue weighted by atomic mass is 9.88. The van der Waals surface area contributed by atoms with Crippen molar-refractivity contribution < 1.29 is 0 Å². The van der Waals surface area contributed by atoms with Crippen LogP contribution in [-0.2, 0) is 0 Å². The van der Waals surface area contributed by atoms with Gasteiger partial charge in [0.15, 0.2) is 0 Å². The number of halogens is 2. The average Bonchev–Trinajstić information content (AvgIpc) is 2.14. The number of nitrogens with two attached hydrogens (primary N) is 1. The molecule has 3 nitrogen and oxygen atoms in total. The predicted octanol–water partition coefficient (Wildman–Crippen LogP) is 2.42. The first-order valence-electron chi connectivity index (χ1n) is 4.89. The molecule has 2 N–H and O–H groups in total. The maximum atomic E-state index is 6.10. The lowest BCUT2D eigenvalue weighted by molar-refractivity contribution is 0.320. The van der Waals surface area contributed by atoms with Crippen LogP contribution in [0.25, 0.3) is 0 Å². The number of hydrogen-bond acceptors (Lipinski definition) is 3. The minimum atomic E-state index is -0.0409. The highest BCUT2D eigenvalue weighted by molar-refractivity contribution is 9.10. The Morgan fingerprint density at radius 3 is 2.87 bits per heavy atom. The second-order valence-corrected chi connectivity index (χ2v) is 5.32. The van der Waals surface area contributed by atoms with Gasteiger partial charge in [-0.2, -0.15) is 0 Å². The number of nitrogens with zero attached hydrogens (tertiary/aromatic N) is 2. The molecule has 1 aromatic rings. The summed E-state index contributed by atoms with van der Waals surface area (Å²) in [6.45, 7) is 3.83. The molecule has 0 saturated carbocycles. The van der Waals surface area contributed by atoms with Gasteiger partial charge in [0, 0.05) is 19.3 Å². The summed E-state index contributed by atoms with van der Waals surface area (Å²) in [6.07, 6.45) is 2.65. The van der Waals surface area contributed by atoms with E-state index in [-0.39, 0.29) is 5.54 Å². The van der Waals surface area contributed by atoms with Crippen molar-refractivity contribution in [2.45, 2.75) is 18.9 Å². The fourth-order valence-electron chi connectivity index (χ4n) is 1.73. The van der Waals surface area contributed by atoms with Crippen LogP contribution >= 0.6 is 27.5 Å². The molecule has 5 heteroatoms. The van der Waals surface area contributed by atoms with E-state index >= 15 is 0 Å². The molecule has 0 atom stereocenters. The summed E-state index contributed by atoms with van der Waals surface area (Å²) in [5.41, 5.74) is 6.06. The summed E-state index contributed by atoms with van der Waals surface area (Å²) in [6, 6.07) is 1.85. The van der Waals surface area contributed by atoms with Crippen LogP contribution in [0.2, 0.25) is 5.02 Å². The Balaban J connectivity index is 2.13. The third-order valence-corrected chi connectivity index (χ3v) is 3.59. The second-order valence-electron chi connectivity index (χ2n) is 4.03. The van der Waals surface area contributed by atoms with E-state index in [0.29, 0.717) is 5.02 Å². The Morgan fingerprint density at radius 2 is 2.33 bits per heavy atom. The van der Waals surface area contributed by atoms with Crippen LogP contribution in [0.5, 0.6) is 0 Å². The Hall–Kier alpha value is -0.320. The molecule has 1 aliphatic rings. The van der Waals surface area contributed by atoms with Crippen molar-refractivity contribution >= 4 is 33.3 Å². The molecule has 1 aliphatic heterocycles. The molecular weight excluding hydrogens is 277 g/mol. The number of pyridine rings is 1. The molecule has 82 valence electrons. The smallest absolute Gasteiger partial charge is 0.143 e. The van der Waals surface area contributed by atoms with E-state index < -0.39 is 0 Å². The summed E-state index contributed by atoms with van der Waals surface area (Å²) in [5.74, 6) is 0.925. The largest absolute Gasteiger partial charge is 0.352 e. The van der Waals surface area contributed by atoms with Crippen molar-refractivity contribution in [2.75, 3.05) is 18.0 Å². The van der Waals surface area contributed by atoms with Gasteiger partial charge in [-0.05, 0) is 28.4 Å². The zero-order valence-corrected chi connectivity index (χ0v) is 10.8. The van der Waals surface area contributed by atoms with Crippen molar-refractivity contribution in [3.8, 4) is 0 Å². The second kappa shape index (κ2) is 3.92. The van der Waals surface area contributed by atoms with E-state index in [4.69, 9.17) is 17.3 Å². The zero-order chi connectivity index (χ0) is 11.1. The molecular formula is C10H13BrClN3. The Morgan fingerprint density at radius 1 is 1.67 bits per heavy atom. The molecule has 0 aromatic carbocycles. The summed E-state index contributed by atoms with van der Waals surface area (Å²) in [5, 5.41) is 0.639. The minimum Gasteiger partial charge on any atom is -0.352 e. The molecule has 0 bridgehead atoms. The first-order chi connectivity index (χ1) is 7.04. The van der Waals surface area contributed by atoms with Gasteiger partial charge in [0.05, 0.1) is 15.0 Å². The van der Waals surface area contributed by atoms with Crippen molar-refractivity contribution in [3.63, 3.8) is 0 Å². The van der Waals surface area contributed by atoms with Crippen molar-refractivity contribution in [1.29, 1.82) is 0 Å². The summed E-state index contributed by atoms with van der Waals surface area (Å²) in [7, 11) is 0. The Labute approximate surface area is 103 Å². The van der Waals surface area contributed by atoms with E-state index in [1.54, 1.807) is 6.20 Å². The van der Waals surface area contributed by atoms with Crippen LogP contribution in [-0.4, -0.2) is 23.6 Å². The van der Waals surface area contributed by atoms with Gasteiger partial charge in [0.2, 0.25) is 0 Å². The van der Waals surface area contributed by atoms with Crippen LogP contribution in [0.15, 0.2) is 16.7 Å². The average molecular weight is 291 g/mol. The first kappa shape index (κ1) is 11.2. The van der Waals surface area contributed by atoms with Gasteiger partial charge in [0.25, 0.3) is 0 Å². The molecule has 1 aromatic heterocycles. The van der Waals surface area contributed by atoms with E-state index in [9.17, 15) is 0 Å². The molecule has 0 radical (unpaired) electrons. The van der Waals surface area contributed by atoms with Crippen LogP contribution in [0, 0.1) is 0 Å². The maximum Gasteiger partial charge on any atom is 0.143 e. The SMILES string of the molecule is CCC1(N)CN(c2ncc(Cl)cc2Br)C1. The standard InChI is InChI=1S/C10H13BrClN3/c1-2-10(13)5-15(6-10)9-8(11)3-7(12)4-14-9/h3-4H,2,5-6,13H2,1H3. The number of anilines is 1. The number of hydrogen-bond donors (Lipinski definition) is 1. The van der Waals surface area contributed by atoms with E-state index in [1.165, 1.54) is 0 Å². The molecule has 2 rings (SSSR count). The van der Waals surface area contributed by atoms with Gasteiger partial charge in [-0.15, -0.1) is 0 Å². The van der Waals surface area contributed by atoms with Crippen LogP contribution in [0.1, 0.15) is 13.3 Å².